The molecule has 0 saturated carbocycles. The Labute approximate surface area is 143 Å². The van der Waals surface area contributed by atoms with Gasteiger partial charge in [0.15, 0.2) is 5.82 Å². The van der Waals surface area contributed by atoms with Crippen molar-refractivity contribution in [1.82, 2.24) is 20.1 Å². The molecule has 8 heteroatoms. The monoisotopic (exact) mass is 352 g/mol. The number of aromatic amines is 1. The number of H-pyrrole nitrogens is 1. The highest BCUT2D eigenvalue weighted by molar-refractivity contribution is 6.31. The van der Waals surface area contributed by atoms with Crippen LogP contribution in [0.1, 0.15) is 26.0 Å². The van der Waals surface area contributed by atoms with E-state index >= 15 is 0 Å². The number of halogens is 2. The Bertz CT molecular complexity index is 807. The van der Waals surface area contributed by atoms with E-state index in [2.05, 4.69) is 15.2 Å². The first-order valence-corrected chi connectivity index (χ1v) is 7.84. The second kappa shape index (κ2) is 7.53. The van der Waals surface area contributed by atoms with Crippen LogP contribution in [0.5, 0.6) is 0 Å². The first kappa shape index (κ1) is 18.1. The number of hydrogen-bond acceptors (Lipinski definition) is 4. The highest BCUT2D eigenvalue weighted by Gasteiger charge is 2.14. The maximum absolute atomic E-state index is 13.2. The van der Waals surface area contributed by atoms with Crippen LogP contribution in [0.4, 0.5) is 4.39 Å². The third kappa shape index (κ3) is 4.17. The molecule has 0 aliphatic rings. The van der Waals surface area contributed by atoms with Crippen molar-refractivity contribution >= 4 is 17.5 Å². The molecule has 1 aromatic heterocycles. The lowest BCUT2D eigenvalue weighted by Gasteiger charge is -2.21. The standard InChI is InChI=1S/C16H18ClFN4O2/c1-9(2)22(3)14(23)7-6-13-16(24)19-15(21-20-13)10-4-5-12(18)11(17)8-10/h4-5,8-9H,6-7H2,1-3H3,(H,19,21,24). The molecular weight excluding hydrogens is 335 g/mol. The molecule has 0 aliphatic carbocycles. The molecule has 0 fully saturated rings. The second-order valence-corrected chi connectivity index (χ2v) is 6.08. The molecule has 2 aromatic rings. The largest absolute Gasteiger partial charge is 0.343 e. The zero-order chi connectivity index (χ0) is 17.9. The van der Waals surface area contributed by atoms with E-state index in [0.29, 0.717) is 5.56 Å². The van der Waals surface area contributed by atoms with Gasteiger partial charge in [0.05, 0.1) is 5.02 Å². The number of nitrogens with one attached hydrogen (secondary N) is 1. The van der Waals surface area contributed by atoms with Gasteiger partial charge in [-0.1, -0.05) is 11.6 Å². The van der Waals surface area contributed by atoms with Gasteiger partial charge in [0.2, 0.25) is 5.91 Å². The van der Waals surface area contributed by atoms with Gasteiger partial charge in [-0.15, -0.1) is 10.2 Å². The fraction of sp³-hybridized carbons (Fsp3) is 0.375. The molecule has 1 heterocycles. The van der Waals surface area contributed by atoms with Crippen LogP contribution in [-0.4, -0.2) is 39.1 Å². The minimum absolute atomic E-state index is 0.0680. The van der Waals surface area contributed by atoms with Gasteiger partial charge < -0.3 is 9.88 Å². The summed E-state index contributed by atoms with van der Waals surface area (Å²) in [6.07, 6.45) is 0.372. The van der Waals surface area contributed by atoms with Crippen molar-refractivity contribution in [2.24, 2.45) is 0 Å². The lowest BCUT2D eigenvalue weighted by molar-refractivity contribution is -0.131. The molecular formula is C16H18ClFN4O2. The number of aryl methyl sites for hydroxylation is 1. The lowest BCUT2D eigenvalue weighted by atomic mass is 10.2. The number of hydrogen-bond donors (Lipinski definition) is 1. The van der Waals surface area contributed by atoms with Crippen molar-refractivity contribution in [3.63, 3.8) is 0 Å². The van der Waals surface area contributed by atoms with E-state index in [1.807, 2.05) is 13.8 Å². The summed E-state index contributed by atoms with van der Waals surface area (Å²) < 4.78 is 13.2. The first-order valence-electron chi connectivity index (χ1n) is 7.46. The van der Waals surface area contributed by atoms with E-state index in [-0.39, 0.29) is 41.3 Å². The Kier molecular flexibility index (Phi) is 5.66. The molecule has 0 atom stereocenters. The fourth-order valence-corrected chi connectivity index (χ4v) is 2.17. The Balaban J connectivity index is 2.14. The molecule has 0 saturated heterocycles. The minimum Gasteiger partial charge on any atom is -0.343 e. The van der Waals surface area contributed by atoms with Gasteiger partial charge in [-0.3, -0.25) is 9.59 Å². The van der Waals surface area contributed by atoms with Crippen LogP contribution >= 0.6 is 11.6 Å². The first-order chi connectivity index (χ1) is 11.3. The van der Waals surface area contributed by atoms with E-state index in [4.69, 9.17) is 11.6 Å². The van der Waals surface area contributed by atoms with Crippen LogP contribution in [-0.2, 0) is 11.2 Å². The normalized spacial score (nSPS) is 10.9. The van der Waals surface area contributed by atoms with Gasteiger partial charge in [0, 0.05) is 31.5 Å². The molecule has 0 radical (unpaired) electrons. The number of nitrogens with zero attached hydrogens (tertiary/aromatic N) is 3. The maximum atomic E-state index is 13.2. The zero-order valence-corrected chi connectivity index (χ0v) is 14.4. The number of carbonyl (C=O) groups excluding carboxylic acids is 1. The van der Waals surface area contributed by atoms with Crippen LogP contribution in [0, 0.1) is 5.82 Å². The number of benzene rings is 1. The smallest absolute Gasteiger partial charge is 0.273 e. The van der Waals surface area contributed by atoms with Crippen LogP contribution < -0.4 is 5.56 Å². The van der Waals surface area contributed by atoms with Gasteiger partial charge in [-0.25, -0.2) is 4.39 Å². The van der Waals surface area contributed by atoms with Crippen molar-refractivity contribution in [2.45, 2.75) is 32.7 Å². The molecule has 2 rings (SSSR count). The number of aromatic nitrogens is 3. The Morgan fingerprint density at radius 3 is 2.67 bits per heavy atom. The quantitative estimate of drug-likeness (QED) is 0.896. The van der Waals surface area contributed by atoms with Crippen molar-refractivity contribution in [1.29, 1.82) is 0 Å². The van der Waals surface area contributed by atoms with E-state index in [1.54, 1.807) is 11.9 Å². The van der Waals surface area contributed by atoms with Gasteiger partial charge in [-0.2, -0.15) is 0 Å². The molecule has 24 heavy (non-hydrogen) atoms. The lowest BCUT2D eigenvalue weighted by Crippen LogP contribution is -2.33. The highest BCUT2D eigenvalue weighted by Crippen LogP contribution is 2.21. The van der Waals surface area contributed by atoms with E-state index in [1.165, 1.54) is 18.2 Å². The van der Waals surface area contributed by atoms with Crippen molar-refractivity contribution < 1.29 is 9.18 Å². The molecule has 0 aliphatic heterocycles. The van der Waals surface area contributed by atoms with Crippen LogP contribution in [0.3, 0.4) is 0 Å². The number of amides is 1. The summed E-state index contributed by atoms with van der Waals surface area (Å²) in [5.74, 6) is -0.433. The second-order valence-electron chi connectivity index (χ2n) is 5.68. The molecule has 1 amide bonds. The van der Waals surface area contributed by atoms with Crippen molar-refractivity contribution in [3.8, 4) is 11.4 Å². The summed E-state index contributed by atoms with van der Waals surface area (Å²) in [4.78, 5) is 28.2. The molecule has 1 aromatic carbocycles. The maximum Gasteiger partial charge on any atom is 0.273 e. The molecule has 0 unspecified atom stereocenters. The summed E-state index contributed by atoms with van der Waals surface area (Å²) >= 11 is 5.72. The highest BCUT2D eigenvalue weighted by atomic mass is 35.5. The Hall–Kier alpha value is -2.28. The topological polar surface area (TPSA) is 79.0 Å². The van der Waals surface area contributed by atoms with Crippen molar-refractivity contribution in [2.75, 3.05) is 7.05 Å². The molecule has 0 bridgehead atoms. The summed E-state index contributed by atoms with van der Waals surface area (Å²) in [7, 11) is 1.71. The summed E-state index contributed by atoms with van der Waals surface area (Å²) in [6, 6.07) is 4.08. The fourth-order valence-electron chi connectivity index (χ4n) is 1.99. The average molecular weight is 353 g/mol. The SMILES string of the molecule is CC(C)N(C)C(=O)CCc1nnc(-c2ccc(F)c(Cl)c2)[nH]c1=O. The summed E-state index contributed by atoms with van der Waals surface area (Å²) in [6.45, 7) is 3.82. The summed E-state index contributed by atoms with van der Waals surface area (Å²) in [5.41, 5.74) is 0.200. The van der Waals surface area contributed by atoms with Gasteiger partial charge >= 0.3 is 0 Å². The van der Waals surface area contributed by atoms with Crippen LogP contribution in [0.25, 0.3) is 11.4 Å². The Morgan fingerprint density at radius 2 is 2.08 bits per heavy atom. The minimum atomic E-state index is -0.555. The Morgan fingerprint density at radius 1 is 1.38 bits per heavy atom. The predicted octanol–water partition coefficient (Wildman–Crippen LogP) is 2.42. The third-order valence-electron chi connectivity index (χ3n) is 3.70. The van der Waals surface area contributed by atoms with Gasteiger partial charge in [0.25, 0.3) is 5.56 Å². The van der Waals surface area contributed by atoms with E-state index in [0.717, 1.165) is 0 Å². The summed E-state index contributed by atoms with van der Waals surface area (Å²) in [5, 5.41) is 7.74. The predicted molar refractivity (Wildman–Crippen MR) is 89.3 cm³/mol. The van der Waals surface area contributed by atoms with E-state index < -0.39 is 11.4 Å². The third-order valence-corrected chi connectivity index (χ3v) is 3.99. The van der Waals surface area contributed by atoms with Crippen LogP contribution in [0.2, 0.25) is 5.02 Å². The zero-order valence-electron chi connectivity index (χ0n) is 13.6. The molecule has 6 nitrogen and oxygen atoms in total. The van der Waals surface area contributed by atoms with Gasteiger partial charge in [0.1, 0.15) is 11.5 Å². The molecule has 0 spiro atoms. The van der Waals surface area contributed by atoms with Crippen LogP contribution in [0.15, 0.2) is 23.0 Å². The van der Waals surface area contributed by atoms with Crippen molar-refractivity contribution in [3.05, 3.63) is 45.1 Å². The molecule has 128 valence electrons. The van der Waals surface area contributed by atoms with Gasteiger partial charge in [-0.05, 0) is 32.0 Å². The van der Waals surface area contributed by atoms with E-state index in [9.17, 15) is 14.0 Å². The number of carbonyl (C=O) groups is 1. The molecule has 1 N–H and O–H groups in total. The number of rotatable bonds is 5. The average Bonchev–Trinajstić information content (AvgIpc) is 2.55.